The standard InChI is InChI=1S/C12H9BrClNO/c13-10-3-1-2-4-12(10)16-8-9-5-6-15-7-11(9)14/h1-7H,8H2. The van der Waals surface area contributed by atoms with Gasteiger partial charge in [0, 0.05) is 18.0 Å². The van der Waals surface area contributed by atoms with Gasteiger partial charge in [-0.15, -0.1) is 0 Å². The number of benzene rings is 1. The van der Waals surface area contributed by atoms with Crippen LogP contribution in [0.25, 0.3) is 0 Å². The van der Waals surface area contributed by atoms with Gasteiger partial charge in [0.15, 0.2) is 0 Å². The minimum Gasteiger partial charge on any atom is -0.488 e. The quantitative estimate of drug-likeness (QED) is 0.852. The Labute approximate surface area is 107 Å². The van der Waals surface area contributed by atoms with Crippen molar-refractivity contribution < 1.29 is 4.74 Å². The van der Waals surface area contributed by atoms with Crippen LogP contribution in [0.5, 0.6) is 5.75 Å². The molecular formula is C12H9BrClNO. The molecule has 4 heteroatoms. The number of hydrogen-bond donors (Lipinski definition) is 0. The minimum absolute atomic E-state index is 0.434. The van der Waals surface area contributed by atoms with E-state index in [9.17, 15) is 0 Å². The number of ether oxygens (including phenoxy) is 1. The molecule has 0 N–H and O–H groups in total. The maximum atomic E-state index is 5.98. The van der Waals surface area contributed by atoms with Crippen molar-refractivity contribution in [1.29, 1.82) is 0 Å². The monoisotopic (exact) mass is 297 g/mol. The molecule has 1 aromatic carbocycles. The smallest absolute Gasteiger partial charge is 0.133 e. The van der Waals surface area contributed by atoms with E-state index in [1.807, 2.05) is 30.3 Å². The number of halogens is 2. The van der Waals surface area contributed by atoms with E-state index in [2.05, 4.69) is 20.9 Å². The zero-order valence-corrected chi connectivity index (χ0v) is 10.7. The van der Waals surface area contributed by atoms with Crippen LogP contribution in [-0.4, -0.2) is 4.98 Å². The summed E-state index contributed by atoms with van der Waals surface area (Å²) >= 11 is 9.39. The van der Waals surface area contributed by atoms with Gasteiger partial charge >= 0.3 is 0 Å². The largest absolute Gasteiger partial charge is 0.488 e. The van der Waals surface area contributed by atoms with Crippen LogP contribution < -0.4 is 4.74 Å². The van der Waals surface area contributed by atoms with E-state index in [0.717, 1.165) is 15.8 Å². The van der Waals surface area contributed by atoms with Gasteiger partial charge < -0.3 is 4.74 Å². The molecule has 0 atom stereocenters. The third-order valence-corrected chi connectivity index (χ3v) is 3.07. The summed E-state index contributed by atoms with van der Waals surface area (Å²) in [4.78, 5) is 3.92. The Balaban J connectivity index is 2.09. The molecule has 1 aromatic heterocycles. The van der Waals surface area contributed by atoms with Crippen LogP contribution in [-0.2, 0) is 6.61 Å². The number of nitrogens with zero attached hydrogens (tertiary/aromatic N) is 1. The molecule has 2 aromatic rings. The number of aromatic nitrogens is 1. The normalized spacial score (nSPS) is 10.1. The molecule has 0 radical (unpaired) electrons. The number of rotatable bonds is 3. The maximum absolute atomic E-state index is 5.98. The van der Waals surface area contributed by atoms with Crippen molar-refractivity contribution in [2.75, 3.05) is 0 Å². The molecule has 0 amide bonds. The van der Waals surface area contributed by atoms with E-state index in [4.69, 9.17) is 16.3 Å². The van der Waals surface area contributed by atoms with Crippen LogP contribution in [0.4, 0.5) is 0 Å². The highest BCUT2D eigenvalue weighted by Crippen LogP contribution is 2.25. The van der Waals surface area contributed by atoms with Crippen LogP contribution in [0.3, 0.4) is 0 Å². The molecule has 0 fully saturated rings. The fourth-order valence-corrected chi connectivity index (χ4v) is 1.81. The van der Waals surface area contributed by atoms with Gasteiger partial charge in [-0.25, -0.2) is 0 Å². The lowest BCUT2D eigenvalue weighted by molar-refractivity contribution is 0.304. The fraction of sp³-hybridized carbons (Fsp3) is 0.0833. The molecule has 2 nitrogen and oxygen atoms in total. The summed E-state index contributed by atoms with van der Waals surface area (Å²) in [6, 6.07) is 9.55. The van der Waals surface area contributed by atoms with Crippen LogP contribution in [0.15, 0.2) is 47.2 Å². The van der Waals surface area contributed by atoms with E-state index >= 15 is 0 Å². The molecule has 2 rings (SSSR count). The summed E-state index contributed by atoms with van der Waals surface area (Å²) < 4.78 is 6.58. The van der Waals surface area contributed by atoms with Crippen molar-refractivity contribution in [3.8, 4) is 5.75 Å². The molecule has 0 aliphatic carbocycles. The van der Waals surface area contributed by atoms with Gasteiger partial charge in [-0.2, -0.15) is 0 Å². The predicted molar refractivity (Wildman–Crippen MR) is 67.7 cm³/mol. The minimum atomic E-state index is 0.434. The predicted octanol–water partition coefficient (Wildman–Crippen LogP) is 4.08. The Morgan fingerprint density at radius 2 is 2.06 bits per heavy atom. The molecule has 1 heterocycles. The van der Waals surface area contributed by atoms with Crippen molar-refractivity contribution in [2.45, 2.75) is 6.61 Å². The first-order valence-corrected chi connectivity index (χ1v) is 5.90. The number of hydrogen-bond acceptors (Lipinski definition) is 2. The third kappa shape index (κ3) is 2.74. The van der Waals surface area contributed by atoms with Crippen molar-refractivity contribution in [2.24, 2.45) is 0 Å². The second kappa shape index (κ2) is 5.32. The van der Waals surface area contributed by atoms with Gasteiger partial charge in [-0.3, -0.25) is 4.98 Å². The zero-order chi connectivity index (χ0) is 11.4. The molecule has 16 heavy (non-hydrogen) atoms. The van der Waals surface area contributed by atoms with Crippen LogP contribution in [0, 0.1) is 0 Å². The summed E-state index contributed by atoms with van der Waals surface area (Å²) in [6.45, 7) is 0.434. The fourth-order valence-electron chi connectivity index (χ4n) is 1.24. The van der Waals surface area contributed by atoms with Gasteiger partial charge in [0.1, 0.15) is 12.4 Å². The molecule has 82 valence electrons. The molecule has 0 unspecified atom stereocenters. The SMILES string of the molecule is Clc1cnccc1COc1ccccc1Br. The summed E-state index contributed by atoms with van der Waals surface area (Å²) in [5, 5.41) is 0.620. The van der Waals surface area contributed by atoms with E-state index in [-0.39, 0.29) is 0 Å². The summed E-state index contributed by atoms with van der Waals surface area (Å²) in [5.74, 6) is 0.801. The van der Waals surface area contributed by atoms with Gasteiger partial charge in [-0.05, 0) is 34.1 Å². The average molecular weight is 299 g/mol. The number of para-hydroxylation sites is 1. The molecule has 0 bridgehead atoms. The Hall–Kier alpha value is -1.06. The highest BCUT2D eigenvalue weighted by atomic mass is 79.9. The maximum Gasteiger partial charge on any atom is 0.133 e. The Bertz CT molecular complexity index is 444. The second-order valence-electron chi connectivity index (χ2n) is 3.19. The van der Waals surface area contributed by atoms with Crippen LogP contribution >= 0.6 is 27.5 Å². The lowest BCUT2D eigenvalue weighted by Crippen LogP contribution is -1.97. The first kappa shape index (κ1) is 11.4. The van der Waals surface area contributed by atoms with Crippen molar-refractivity contribution in [3.63, 3.8) is 0 Å². The molecule has 0 saturated carbocycles. The zero-order valence-electron chi connectivity index (χ0n) is 8.36. The molecule has 0 saturated heterocycles. The topological polar surface area (TPSA) is 22.1 Å². The van der Waals surface area contributed by atoms with E-state index < -0.39 is 0 Å². The van der Waals surface area contributed by atoms with Crippen molar-refractivity contribution in [3.05, 3.63) is 57.8 Å². The van der Waals surface area contributed by atoms with Crippen LogP contribution in [0.2, 0.25) is 5.02 Å². The third-order valence-electron chi connectivity index (χ3n) is 2.08. The van der Waals surface area contributed by atoms with Crippen molar-refractivity contribution >= 4 is 27.5 Å². The lowest BCUT2D eigenvalue weighted by Gasteiger charge is -2.08. The second-order valence-corrected chi connectivity index (χ2v) is 4.45. The first-order valence-electron chi connectivity index (χ1n) is 4.73. The number of pyridine rings is 1. The molecule has 0 aliphatic heterocycles. The van der Waals surface area contributed by atoms with Gasteiger partial charge in [0.2, 0.25) is 0 Å². The van der Waals surface area contributed by atoms with Crippen LogP contribution in [0.1, 0.15) is 5.56 Å². The summed E-state index contributed by atoms with van der Waals surface area (Å²) in [6.07, 6.45) is 3.31. The van der Waals surface area contributed by atoms with Gasteiger partial charge in [0.25, 0.3) is 0 Å². The molecular weight excluding hydrogens is 289 g/mol. The summed E-state index contributed by atoms with van der Waals surface area (Å²) in [5.41, 5.74) is 0.924. The Morgan fingerprint density at radius 3 is 2.81 bits per heavy atom. The lowest BCUT2D eigenvalue weighted by atomic mass is 10.3. The summed E-state index contributed by atoms with van der Waals surface area (Å²) in [7, 11) is 0. The first-order chi connectivity index (χ1) is 7.77. The van der Waals surface area contributed by atoms with E-state index in [1.54, 1.807) is 12.4 Å². The van der Waals surface area contributed by atoms with Gasteiger partial charge in [-0.1, -0.05) is 23.7 Å². The average Bonchev–Trinajstić information content (AvgIpc) is 2.30. The van der Waals surface area contributed by atoms with Gasteiger partial charge in [0.05, 0.1) is 9.50 Å². The Kier molecular flexibility index (Phi) is 3.80. The van der Waals surface area contributed by atoms with Crippen molar-refractivity contribution in [1.82, 2.24) is 4.98 Å². The van der Waals surface area contributed by atoms with E-state index in [0.29, 0.717) is 11.6 Å². The van der Waals surface area contributed by atoms with E-state index in [1.165, 1.54) is 0 Å². The highest BCUT2D eigenvalue weighted by Gasteiger charge is 2.02. The highest BCUT2D eigenvalue weighted by molar-refractivity contribution is 9.10. The molecule has 0 aliphatic rings. The molecule has 0 spiro atoms. The Morgan fingerprint density at radius 1 is 1.25 bits per heavy atom.